The summed E-state index contributed by atoms with van der Waals surface area (Å²) in [5, 5.41) is 0. The lowest BCUT2D eigenvalue weighted by atomic mass is 10.1. The fourth-order valence-corrected chi connectivity index (χ4v) is 4.01. The van der Waals surface area contributed by atoms with Crippen LogP contribution in [0.3, 0.4) is 0 Å². The van der Waals surface area contributed by atoms with Gasteiger partial charge >= 0.3 is 0 Å². The van der Waals surface area contributed by atoms with Crippen LogP contribution in [-0.2, 0) is 16.1 Å². The Morgan fingerprint density at radius 2 is 1.84 bits per heavy atom. The molecular weight excluding hydrogens is 314 g/mol. The highest BCUT2D eigenvalue weighted by molar-refractivity contribution is 5.82. The van der Waals surface area contributed by atoms with Crippen molar-refractivity contribution < 1.29 is 9.53 Å². The largest absolute Gasteiger partial charge is 0.378 e. The molecule has 1 aromatic rings. The number of hydrogen-bond donors (Lipinski definition) is 0. The summed E-state index contributed by atoms with van der Waals surface area (Å²) in [7, 11) is 5.97. The van der Waals surface area contributed by atoms with Gasteiger partial charge in [0.05, 0.1) is 13.2 Å². The van der Waals surface area contributed by atoms with Gasteiger partial charge in [0.15, 0.2) is 0 Å². The van der Waals surface area contributed by atoms with Crippen molar-refractivity contribution in [1.82, 2.24) is 9.80 Å². The molecule has 0 aromatic heterocycles. The predicted octanol–water partition coefficient (Wildman–Crippen LogP) is 2.35. The van der Waals surface area contributed by atoms with Gasteiger partial charge in [-0.05, 0) is 30.5 Å². The average Bonchev–Trinajstić information content (AvgIpc) is 3.16. The van der Waals surface area contributed by atoms with Gasteiger partial charge in [-0.25, -0.2) is 0 Å². The molecule has 0 spiro atoms. The molecular formula is C20H31N3O2. The van der Waals surface area contributed by atoms with Gasteiger partial charge in [-0.15, -0.1) is 0 Å². The van der Waals surface area contributed by atoms with Gasteiger partial charge in [0.25, 0.3) is 0 Å². The first-order valence-electron chi connectivity index (χ1n) is 9.41. The molecule has 0 radical (unpaired) electrons. The summed E-state index contributed by atoms with van der Waals surface area (Å²) in [6.07, 6.45) is 5.02. The van der Waals surface area contributed by atoms with Gasteiger partial charge < -0.3 is 14.5 Å². The summed E-state index contributed by atoms with van der Waals surface area (Å²) in [4.78, 5) is 19.4. The minimum Gasteiger partial charge on any atom is -0.378 e. The Kier molecular flexibility index (Phi) is 5.97. The molecule has 1 amide bonds. The van der Waals surface area contributed by atoms with Crippen LogP contribution in [0.25, 0.3) is 0 Å². The maximum atomic E-state index is 13.0. The molecule has 1 saturated carbocycles. The van der Waals surface area contributed by atoms with E-state index in [9.17, 15) is 4.79 Å². The number of carbonyl (C=O) groups is 1. The minimum atomic E-state index is -0.122. The van der Waals surface area contributed by atoms with Crippen LogP contribution in [-0.4, -0.2) is 68.7 Å². The van der Waals surface area contributed by atoms with Gasteiger partial charge in [-0.2, -0.15) is 0 Å². The van der Waals surface area contributed by atoms with E-state index in [4.69, 9.17) is 4.74 Å². The quantitative estimate of drug-likeness (QED) is 0.821. The van der Waals surface area contributed by atoms with Crippen LogP contribution in [0.5, 0.6) is 0 Å². The molecule has 5 nitrogen and oxygen atoms in total. The molecule has 138 valence electrons. The third-order valence-electron chi connectivity index (χ3n) is 5.50. The van der Waals surface area contributed by atoms with Crippen molar-refractivity contribution in [3.8, 4) is 0 Å². The molecule has 0 unspecified atom stereocenters. The number of likely N-dealkylation sites (N-methyl/N-ethyl adjacent to an activating group) is 1. The smallest absolute Gasteiger partial charge is 0.242 e. The number of morpholine rings is 1. The van der Waals surface area contributed by atoms with Crippen LogP contribution in [0, 0.1) is 0 Å². The second-order valence-electron chi connectivity index (χ2n) is 7.52. The highest BCUT2D eigenvalue weighted by Gasteiger charge is 2.36. The monoisotopic (exact) mass is 345 g/mol. The van der Waals surface area contributed by atoms with Gasteiger partial charge in [-0.3, -0.25) is 9.69 Å². The van der Waals surface area contributed by atoms with Crippen molar-refractivity contribution in [1.29, 1.82) is 0 Å². The third kappa shape index (κ3) is 4.33. The van der Waals surface area contributed by atoms with Crippen molar-refractivity contribution in [2.75, 3.05) is 45.8 Å². The van der Waals surface area contributed by atoms with E-state index in [0.29, 0.717) is 19.2 Å². The van der Waals surface area contributed by atoms with E-state index in [0.717, 1.165) is 18.7 Å². The molecule has 3 rings (SSSR count). The van der Waals surface area contributed by atoms with E-state index in [1.807, 2.05) is 26.0 Å². The van der Waals surface area contributed by atoms with E-state index < -0.39 is 0 Å². The zero-order chi connectivity index (χ0) is 17.8. The highest BCUT2D eigenvalue weighted by Crippen LogP contribution is 2.27. The molecule has 1 atom stereocenters. The van der Waals surface area contributed by atoms with Crippen molar-refractivity contribution in [3.05, 3.63) is 29.8 Å². The van der Waals surface area contributed by atoms with Crippen molar-refractivity contribution in [2.45, 2.75) is 44.3 Å². The van der Waals surface area contributed by atoms with Crippen LogP contribution < -0.4 is 4.90 Å². The Bertz CT molecular complexity index is 567. The summed E-state index contributed by atoms with van der Waals surface area (Å²) in [6, 6.07) is 8.84. The summed E-state index contributed by atoms with van der Waals surface area (Å²) < 4.78 is 5.64. The third-order valence-corrected chi connectivity index (χ3v) is 5.50. The van der Waals surface area contributed by atoms with E-state index in [2.05, 4.69) is 34.1 Å². The van der Waals surface area contributed by atoms with E-state index in [-0.39, 0.29) is 11.9 Å². The topological polar surface area (TPSA) is 36.0 Å². The molecule has 1 aliphatic heterocycles. The average molecular weight is 345 g/mol. The van der Waals surface area contributed by atoms with E-state index >= 15 is 0 Å². The fourth-order valence-electron chi connectivity index (χ4n) is 4.01. The first-order chi connectivity index (χ1) is 12.1. The molecule has 0 N–H and O–H groups in total. The molecule has 2 aliphatic rings. The molecule has 1 saturated heterocycles. The lowest BCUT2D eigenvalue weighted by molar-refractivity contribution is -0.144. The zero-order valence-corrected chi connectivity index (χ0v) is 15.8. The number of hydrogen-bond acceptors (Lipinski definition) is 4. The molecule has 0 bridgehead atoms. The molecule has 1 aromatic carbocycles. The fraction of sp³-hybridized carbons (Fsp3) is 0.650. The Morgan fingerprint density at radius 1 is 1.16 bits per heavy atom. The highest BCUT2D eigenvalue weighted by atomic mass is 16.5. The predicted molar refractivity (Wildman–Crippen MR) is 101 cm³/mol. The molecule has 25 heavy (non-hydrogen) atoms. The number of anilines is 1. The molecule has 5 heteroatoms. The maximum Gasteiger partial charge on any atom is 0.242 e. The first kappa shape index (κ1) is 18.2. The second kappa shape index (κ2) is 8.19. The Hall–Kier alpha value is -1.59. The number of nitrogens with zero attached hydrogens (tertiary/aromatic N) is 3. The second-order valence-corrected chi connectivity index (χ2v) is 7.52. The summed E-state index contributed by atoms with van der Waals surface area (Å²) in [5.41, 5.74) is 2.33. The standard InChI is InChI=1S/C20H31N3O2/c1-21(2)17-10-8-16(9-11-17)14-22(3)20(24)19-15-25-13-12-23(19)18-6-4-5-7-18/h8-11,18-19H,4-7,12-15H2,1-3H3/t19-/m1/s1. The van der Waals surface area contributed by atoms with Gasteiger partial charge in [0.1, 0.15) is 6.04 Å². The number of carbonyl (C=O) groups excluding carboxylic acids is 1. The number of benzene rings is 1. The normalized spacial score (nSPS) is 22.1. The molecule has 1 aliphatic carbocycles. The summed E-state index contributed by atoms with van der Waals surface area (Å²) in [6.45, 7) is 2.79. The van der Waals surface area contributed by atoms with E-state index in [1.165, 1.54) is 31.4 Å². The Labute approximate surface area is 151 Å². The maximum absolute atomic E-state index is 13.0. The van der Waals surface area contributed by atoms with Crippen molar-refractivity contribution in [3.63, 3.8) is 0 Å². The van der Waals surface area contributed by atoms with E-state index in [1.54, 1.807) is 0 Å². The van der Waals surface area contributed by atoms with Crippen LogP contribution >= 0.6 is 0 Å². The number of ether oxygens (including phenoxy) is 1. The summed E-state index contributed by atoms with van der Waals surface area (Å²) >= 11 is 0. The van der Waals surface area contributed by atoms with Gasteiger partial charge in [-0.1, -0.05) is 25.0 Å². The molecule has 2 fully saturated rings. The SMILES string of the molecule is CN(Cc1ccc(N(C)C)cc1)C(=O)[C@H]1COCCN1C1CCCC1. The lowest BCUT2D eigenvalue weighted by Gasteiger charge is -2.40. The lowest BCUT2D eigenvalue weighted by Crippen LogP contribution is -2.56. The van der Waals surface area contributed by atoms with Crippen molar-refractivity contribution in [2.24, 2.45) is 0 Å². The Balaban J connectivity index is 1.63. The Morgan fingerprint density at radius 3 is 2.48 bits per heavy atom. The molecule has 1 heterocycles. The first-order valence-corrected chi connectivity index (χ1v) is 9.41. The van der Waals surface area contributed by atoms with Crippen LogP contribution in [0.15, 0.2) is 24.3 Å². The summed E-state index contributed by atoms with van der Waals surface area (Å²) in [5.74, 6) is 0.184. The number of rotatable bonds is 5. The van der Waals surface area contributed by atoms with Crippen LogP contribution in [0.2, 0.25) is 0 Å². The number of amides is 1. The van der Waals surface area contributed by atoms with Crippen molar-refractivity contribution >= 4 is 11.6 Å². The van der Waals surface area contributed by atoms with Crippen LogP contribution in [0.4, 0.5) is 5.69 Å². The van der Waals surface area contributed by atoms with Gasteiger partial charge in [0, 0.05) is 46.0 Å². The van der Waals surface area contributed by atoms with Crippen LogP contribution in [0.1, 0.15) is 31.2 Å². The van der Waals surface area contributed by atoms with Gasteiger partial charge in [0.2, 0.25) is 5.91 Å². The minimum absolute atomic E-state index is 0.122. The zero-order valence-electron chi connectivity index (χ0n) is 15.8.